The van der Waals surface area contributed by atoms with Crippen molar-refractivity contribution in [2.75, 3.05) is 18.5 Å². The van der Waals surface area contributed by atoms with Crippen molar-refractivity contribution in [2.24, 2.45) is 0 Å². The van der Waals surface area contributed by atoms with Crippen LogP contribution in [-0.2, 0) is 21.9 Å². The summed E-state index contributed by atoms with van der Waals surface area (Å²) >= 11 is 0. The smallest absolute Gasteiger partial charge is 0.396 e. The standard InChI is InChI=1S/C15H16F6N2O3/c16-14(17,18)9-6-10(15(19,20)21)8-11(7-9)23-13(26)12(25)22-4-2-1-3-5-24/h6-8,24H,1-5H2,(H,22,25)(H,23,26). The Labute approximate surface area is 144 Å². The summed E-state index contributed by atoms with van der Waals surface area (Å²) in [6.07, 6.45) is -8.61. The molecule has 0 aromatic heterocycles. The number of unbranched alkanes of at least 4 members (excludes halogenated alkanes) is 2. The lowest BCUT2D eigenvalue weighted by Gasteiger charge is -2.14. The third kappa shape index (κ3) is 6.90. The minimum Gasteiger partial charge on any atom is -0.396 e. The second kappa shape index (κ2) is 8.88. The predicted molar refractivity (Wildman–Crippen MR) is 79.0 cm³/mol. The van der Waals surface area contributed by atoms with Crippen LogP contribution >= 0.6 is 0 Å². The Bertz CT molecular complexity index is 611. The van der Waals surface area contributed by atoms with Crippen LogP contribution in [0.25, 0.3) is 0 Å². The number of nitrogens with one attached hydrogen (secondary N) is 2. The van der Waals surface area contributed by atoms with Crippen molar-refractivity contribution in [3.05, 3.63) is 29.3 Å². The first-order valence-electron chi connectivity index (χ1n) is 7.44. The monoisotopic (exact) mass is 386 g/mol. The van der Waals surface area contributed by atoms with Gasteiger partial charge in [-0.2, -0.15) is 26.3 Å². The van der Waals surface area contributed by atoms with E-state index in [1.165, 1.54) is 0 Å². The molecule has 0 saturated heterocycles. The second-order valence-electron chi connectivity index (χ2n) is 5.29. The van der Waals surface area contributed by atoms with Crippen LogP contribution in [0.1, 0.15) is 30.4 Å². The molecule has 1 rings (SSSR count). The summed E-state index contributed by atoms with van der Waals surface area (Å²) in [7, 11) is 0. The van der Waals surface area contributed by atoms with Crippen LogP contribution in [0, 0.1) is 0 Å². The number of hydrogen-bond acceptors (Lipinski definition) is 3. The largest absolute Gasteiger partial charge is 0.416 e. The normalized spacial score (nSPS) is 12.0. The molecular formula is C15H16F6N2O3. The SMILES string of the molecule is O=C(NCCCCCO)C(=O)Nc1cc(C(F)(F)F)cc(C(F)(F)F)c1. The van der Waals surface area contributed by atoms with E-state index in [1.807, 2.05) is 0 Å². The van der Waals surface area contributed by atoms with Crippen molar-refractivity contribution >= 4 is 17.5 Å². The van der Waals surface area contributed by atoms with Crippen LogP contribution in [0.15, 0.2) is 18.2 Å². The Morgan fingerprint density at radius 1 is 0.846 bits per heavy atom. The quantitative estimate of drug-likeness (QED) is 0.400. The summed E-state index contributed by atoms with van der Waals surface area (Å²) < 4.78 is 76.3. The molecule has 0 spiro atoms. The molecule has 0 aliphatic heterocycles. The summed E-state index contributed by atoms with van der Waals surface area (Å²) in [6.45, 7) is 0.0359. The van der Waals surface area contributed by atoms with Crippen LogP contribution in [0.5, 0.6) is 0 Å². The Balaban J connectivity index is 2.84. The maximum absolute atomic E-state index is 12.7. The average Bonchev–Trinajstić information content (AvgIpc) is 2.52. The summed E-state index contributed by atoms with van der Waals surface area (Å²) in [5.41, 5.74) is -4.01. The van der Waals surface area contributed by atoms with Gasteiger partial charge in [-0.1, -0.05) is 0 Å². The first kappa shape index (κ1) is 21.7. The van der Waals surface area contributed by atoms with Crippen LogP contribution in [0.2, 0.25) is 0 Å². The molecule has 0 aliphatic carbocycles. The highest BCUT2D eigenvalue weighted by Gasteiger charge is 2.37. The van der Waals surface area contributed by atoms with Gasteiger partial charge in [-0.05, 0) is 37.5 Å². The number of alkyl halides is 6. The van der Waals surface area contributed by atoms with Gasteiger partial charge < -0.3 is 15.7 Å². The Morgan fingerprint density at radius 3 is 1.85 bits per heavy atom. The van der Waals surface area contributed by atoms with Gasteiger partial charge in [0.25, 0.3) is 0 Å². The van der Waals surface area contributed by atoms with Crippen molar-refractivity contribution in [3.63, 3.8) is 0 Å². The van der Waals surface area contributed by atoms with Crippen LogP contribution in [0.3, 0.4) is 0 Å². The summed E-state index contributed by atoms with van der Waals surface area (Å²) in [5, 5.41) is 12.5. The molecule has 0 heterocycles. The number of carbonyl (C=O) groups is 2. The number of anilines is 1. The van der Waals surface area contributed by atoms with E-state index in [1.54, 1.807) is 5.32 Å². The Morgan fingerprint density at radius 2 is 1.38 bits per heavy atom. The first-order chi connectivity index (χ1) is 11.9. The lowest BCUT2D eigenvalue weighted by Crippen LogP contribution is -2.36. The highest BCUT2D eigenvalue weighted by atomic mass is 19.4. The van der Waals surface area contributed by atoms with Crippen molar-refractivity contribution in [1.82, 2.24) is 5.32 Å². The molecule has 146 valence electrons. The number of carbonyl (C=O) groups excluding carboxylic acids is 2. The van der Waals surface area contributed by atoms with Gasteiger partial charge in [0.2, 0.25) is 0 Å². The molecule has 0 bridgehead atoms. The van der Waals surface area contributed by atoms with E-state index >= 15 is 0 Å². The lowest BCUT2D eigenvalue weighted by atomic mass is 10.1. The number of rotatable bonds is 6. The number of halogens is 6. The topological polar surface area (TPSA) is 78.4 Å². The second-order valence-corrected chi connectivity index (χ2v) is 5.29. The van der Waals surface area contributed by atoms with E-state index in [0.29, 0.717) is 31.4 Å². The average molecular weight is 386 g/mol. The van der Waals surface area contributed by atoms with Crippen LogP contribution in [-0.4, -0.2) is 30.1 Å². The number of amides is 2. The highest BCUT2D eigenvalue weighted by Crippen LogP contribution is 2.37. The lowest BCUT2D eigenvalue weighted by molar-refractivity contribution is -0.143. The number of benzene rings is 1. The van der Waals surface area contributed by atoms with Gasteiger partial charge in [-0.15, -0.1) is 0 Å². The minimum absolute atomic E-state index is 0.0362. The predicted octanol–water partition coefficient (Wildman–Crippen LogP) is 2.94. The maximum atomic E-state index is 12.7. The Kier molecular flexibility index (Phi) is 7.42. The molecule has 2 amide bonds. The first-order valence-corrected chi connectivity index (χ1v) is 7.44. The molecule has 0 atom stereocenters. The van der Waals surface area contributed by atoms with Crippen molar-refractivity contribution < 1.29 is 41.0 Å². The zero-order valence-corrected chi connectivity index (χ0v) is 13.3. The van der Waals surface area contributed by atoms with Crippen molar-refractivity contribution in [1.29, 1.82) is 0 Å². The van der Waals surface area contributed by atoms with Crippen LogP contribution in [0.4, 0.5) is 32.0 Å². The summed E-state index contributed by atoms with van der Waals surface area (Å²) in [5.74, 6) is -2.58. The van der Waals surface area contributed by atoms with Gasteiger partial charge in [0.1, 0.15) is 0 Å². The molecule has 0 radical (unpaired) electrons. The fourth-order valence-electron chi connectivity index (χ4n) is 1.91. The minimum atomic E-state index is -5.06. The zero-order valence-electron chi connectivity index (χ0n) is 13.3. The van der Waals surface area contributed by atoms with Gasteiger partial charge in [-0.25, -0.2) is 0 Å². The molecule has 0 aliphatic rings. The fourth-order valence-corrected chi connectivity index (χ4v) is 1.91. The van der Waals surface area contributed by atoms with E-state index in [-0.39, 0.29) is 19.2 Å². The molecule has 3 N–H and O–H groups in total. The molecule has 1 aromatic rings. The molecule has 0 unspecified atom stereocenters. The molecular weight excluding hydrogens is 370 g/mol. The van der Waals surface area contributed by atoms with Crippen LogP contribution < -0.4 is 10.6 Å². The van der Waals surface area contributed by atoms with E-state index in [2.05, 4.69) is 5.32 Å². The number of aliphatic hydroxyl groups is 1. The Hall–Kier alpha value is -2.30. The van der Waals surface area contributed by atoms with E-state index in [9.17, 15) is 35.9 Å². The zero-order chi connectivity index (χ0) is 20.0. The van der Waals surface area contributed by atoms with Gasteiger partial charge in [0, 0.05) is 18.8 Å². The van der Waals surface area contributed by atoms with E-state index < -0.39 is 41.0 Å². The molecule has 5 nitrogen and oxygen atoms in total. The van der Waals surface area contributed by atoms with E-state index in [0.717, 1.165) is 0 Å². The van der Waals surface area contributed by atoms with Crippen molar-refractivity contribution in [2.45, 2.75) is 31.6 Å². The molecule has 1 aromatic carbocycles. The third-order valence-electron chi connectivity index (χ3n) is 3.17. The van der Waals surface area contributed by atoms with Gasteiger partial charge in [0.05, 0.1) is 11.1 Å². The van der Waals surface area contributed by atoms with Gasteiger partial charge >= 0.3 is 24.2 Å². The molecule has 11 heteroatoms. The third-order valence-corrected chi connectivity index (χ3v) is 3.17. The van der Waals surface area contributed by atoms with Crippen molar-refractivity contribution in [3.8, 4) is 0 Å². The fraction of sp³-hybridized carbons (Fsp3) is 0.467. The number of hydrogen-bond donors (Lipinski definition) is 3. The van der Waals surface area contributed by atoms with Gasteiger partial charge in [-0.3, -0.25) is 9.59 Å². The summed E-state index contributed by atoms with van der Waals surface area (Å²) in [4.78, 5) is 23.2. The molecule has 0 fully saturated rings. The summed E-state index contributed by atoms with van der Waals surface area (Å²) in [6, 6.07) is 0.528. The van der Waals surface area contributed by atoms with Gasteiger partial charge in [0.15, 0.2) is 0 Å². The highest BCUT2D eigenvalue weighted by molar-refractivity contribution is 6.39. The number of aliphatic hydroxyl groups excluding tert-OH is 1. The molecule has 26 heavy (non-hydrogen) atoms. The molecule has 0 saturated carbocycles. The van der Waals surface area contributed by atoms with E-state index in [4.69, 9.17) is 5.11 Å². The maximum Gasteiger partial charge on any atom is 0.416 e.